The number of alkyl halides is 3. The number of hydrogen-bond donors (Lipinski definition) is 1. The van der Waals surface area contributed by atoms with Crippen molar-refractivity contribution in [2.75, 3.05) is 40.4 Å². The summed E-state index contributed by atoms with van der Waals surface area (Å²) >= 11 is 0. The van der Waals surface area contributed by atoms with E-state index >= 15 is 0 Å². The maximum Gasteiger partial charge on any atom is 0.411 e. The molecule has 0 rings (SSSR count). The Bertz CT molecular complexity index is 209. The van der Waals surface area contributed by atoms with E-state index in [2.05, 4.69) is 10.1 Å². The Morgan fingerprint density at radius 2 is 2.06 bits per heavy atom. The predicted molar refractivity (Wildman–Crippen MR) is 53.1 cm³/mol. The van der Waals surface area contributed by atoms with E-state index < -0.39 is 12.8 Å². The van der Waals surface area contributed by atoms with Crippen LogP contribution >= 0.6 is 0 Å². The van der Waals surface area contributed by atoms with Crippen molar-refractivity contribution in [3.63, 3.8) is 0 Å². The average molecular weight is 242 g/mol. The highest BCUT2D eigenvalue weighted by Gasteiger charge is 2.27. The van der Waals surface area contributed by atoms with Gasteiger partial charge in [0.15, 0.2) is 0 Å². The van der Waals surface area contributed by atoms with Crippen molar-refractivity contribution in [2.24, 2.45) is 0 Å². The Balaban J connectivity index is 3.57. The van der Waals surface area contributed by atoms with Crippen LogP contribution in [-0.4, -0.2) is 57.4 Å². The number of likely N-dealkylation sites (N-methyl/N-ethyl adjacent to an activating group) is 2. The van der Waals surface area contributed by atoms with Gasteiger partial charge in [-0.2, -0.15) is 13.2 Å². The summed E-state index contributed by atoms with van der Waals surface area (Å²) in [6, 6.07) is 0. The van der Waals surface area contributed by atoms with Crippen LogP contribution in [0, 0.1) is 0 Å². The minimum atomic E-state index is -4.33. The van der Waals surface area contributed by atoms with E-state index in [1.54, 1.807) is 14.1 Å². The van der Waals surface area contributed by atoms with Gasteiger partial charge in [-0.3, -0.25) is 4.79 Å². The number of ether oxygens (including phenoxy) is 1. The van der Waals surface area contributed by atoms with E-state index in [0.29, 0.717) is 13.1 Å². The number of amides is 1. The van der Waals surface area contributed by atoms with E-state index in [9.17, 15) is 18.0 Å². The molecule has 4 nitrogen and oxygen atoms in total. The van der Waals surface area contributed by atoms with E-state index in [1.165, 1.54) is 4.90 Å². The van der Waals surface area contributed by atoms with Crippen molar-refractivity contribution in [2.45, 2.75) is 12.6 Å². The molecule has 16 heavy (non-hydrogen) atoms. The minimum Gasteiger partial charge on any atom is -0.372 e. The molecular formula is C9H17F3N2O2. The number of nitrogens with one attached hydrogen (secondary N) is 1. The highest BCUT2D eigenvalue weighted by molar-refractivity contribution is 5.75. The molecule has 96 valence electrons. The van der Waals surface area contributed by atoms with Crippen LogP contribution in [0.5, 0.6) is 0 Å². The number of hydrogen-bond acceptors (Lipinski definition) is 3. The lowest BCUT2D eigenvalue weighted by Crippen LogP contribution is -2.33. The number of nitrogens with zero attached hydrogens (tertiary/aromatic N) is 1. The lowest BCUT2D eigenvalue weighted by atomic mass is 10.4. The molecule has 0 unspecified atom stereocenters. The van der Waals surface area contributed by atoms with Gasteiger partial charge in [-0.25, -0.2) is 0 Å². The standard InChI is InChI=1S/C9H17F3N2O2/c1-13-4-5-14(2)8(15)3-6-16-7-9(10,11)12/h13H,3-7H2,1-2H3. The Morgan fingerprint density at radius 3 is 2.56 bits per heavy atom. The van der Waals surface area contributed by atoms with Gasteiger partial charge in [0.1, 0.15) is 6.61 Å². The smallest absolute Gasteiger partial charge is 0.372 e. The van der Waals surface area contributed by atoms with Gasteiger partial charge in [0, 0.05) is 20.1 Å². The molecule has 1 amide bonds. The van der Waals surface area contributed by atoms with E-state index in [1.807, 2.05) is 0 Å². The first-order valence-corrected chi connectivity index (χ1v) is 4.90. The SMILES string of the molecule is CNCCN(C)C(=O)CCOCC(F)(F)F. The van der Waals surface area contributed by atoms with Crippen molar-refractivity contribution in [1.82, 2.24) is 10.2 Å². The second-order valence-electron chi connectivity index (χ2n) is 3.34. The van der Waals surface area contributed by atoms with Crippen molar-refractivity contribution < 1.29 is 22.7 Å². The van der Waals surface area contributed by atoms with Crippen LogP contribution in [0.3, 0.4) is 0 Å². The third kappa shape index (κ3) is 8.49. The molecule has 0 aromatic rings. The van der Waals surface area contributed by atoms with Crippen LogP contribution in [0.2, 0.25) is 0 Å². The summed E-state index contributed by atoms with van der Waals surface area (Å²) in [5.41, 5.74) is 0. The summed E-state index contributed by atoms with van der Waals surface area (Å²) in [5, 5.41) is 2.87. The molecule has 0 saturated carbocycles. The van der Waals surface area contributed by atoms with Gasteiger partial charge in [0.2, 0.25) is 5.91 Å². The number of halogens is 3. The molecule has 7 heteroatoms. The van der Waals surface area contributed by atoms with Crippen molar-refractivity contribution in [3.05, 3.63) is 0 Å². The first-order chi connectivity index (χ1) is 7.37. The zero-order valence-corrected chi connectivity index (χ0v) is 9.43. The summed E-state index contributed by atoms with van der Waals surface area (Å²) in [6.45, 7) is -0.344. The number of carbonyl (C=O) groups excluding carboxylic acids is 1. The Kier molecular flexibility index (Phi) is 7.07. The summed E-state index contributed by atoms with van der Waals surface area (Å²) in [5.74, 6) is -0.225. The molecule has 0 aromatic heterocycles. The highest BCUT2D eigenvalue weighted by Crippen LogP contribution is 2.14. The number of rotatable bonds is 7. The van der Waals surface area contributed by atoms with Crippen LogP contribution < -0.4 is 5.32 Å². The lowest BCUT2D eigenvalue weighted by molar-refractivity contribution is -0.175. The molecular weight excluding hydrogens is 225 g/mol. The van der Waals surface area contributed by atoms with Crippen LogP contribution in [0.4, 0.5) is 13.2 Å². The van der Waals surface area contributed by atoms with Gasteiger partial charge < -0.3 is 15.0 Å². The molecule has 0 bridgehead atoms. The second-order valence-corrected chi connectivity index (χ2v) is 3.34. The van der Waals surface area contributed by atoms with Crippen LogP contribution in [0.1, 0.15) is 6.42 Å². The van der Waals surface area contributed by atoms with Crippen LogP contribution in [0.15, 0.2) is 0 Å². The molecule has 0 aliphatic heterocycles. The van der Waals surface area contributed by atoms with Gasteiger partial charge in [0.25, 0.3) is 0 Å². The topological polar surface area (TPSA) is 41.6 Å². The Hall–Kier alpha value is -0.820. The minimum absolute atomic E-state index is 0.0315. The highest BCUT2D eigenvalue weighted by atomic mass is 19.4. The first-order valence-electron chi connectivity index (χ1n) is 4.90. The van der Waals surface area contributed by atoms with Gasteiger partial charge in [-0.1, -0.05) is 0 Å². The molecule has 0 aliphatic carbocycles. The van der Waals surface area contributed by atoms with Crippen LogP contribution in [-0.2, 0) is 9.53 Å². The summed E-state index contributed by atoms with van der Waals surface area (Å²) < 4.78 is 39.4. The fraction of sp³-hybridized carbons (Fsp3) is 0.889. The molecule has 0 aliphatic rings. The molecule has 1 N–H and O–H groups in total. The number of carbonyl (C=O) groups is 1. The zero-order chi connectivity index (χ0) is 12.6. The van der Waals surface area contributed by atoms with E-state index in [4.69, 9.17) is 0 Å². The monoisotopic (exact) mass is 242 g/mol. The van der Waals surface area contributed by atoms with Crippen molar-refractivity contribution >= 4 is 5.91 Å². The van der Waals surface area contributed by atoms with Gasteiger partial charge >= 0.3 is 6.18 Å². The fourth-order valence-electron chi connectivity index (χ4n) is 0.942. The molecule has 0 atom stereocenters. The van der Waals surface area contributed by atoms with Gasteiger partial charge in [-0.05, 0) is 7.05 Å². The summed E-state index contributed by atoms with van der Waals surface area (Å²) in [7, 11) is 3.36. The first kappa shape index (κ1) is 15.2. The third-order valence-electron chi connectivity index (χ3n) is 1.85. The normalized spacial score (nSPS) is 11.6. The molecule has 0 spiro atoms. The summed E-state index contributed by atoms with van der Waals surface area (Å²) in [6.07, 6.45) is -4.36. The average Bonchev–Trinajstić information content (AvgIpc) is 2.19. The molecule has 0 heterocycles. The van der Waals surface area contributed by atoms with Crippen molar-refractivity contribution in [3.8, 4) is 0 Å². The molecule has 0 fully saturated rings. The van der Waals surface area contributed by atoms with Crippen LogP contribution in [0.25, 0.3) is 0 Å². The maximum atomic E-state index is 11.7. The largest absolute Gasteiger partial charge is 0.411 e. The predicted octanol–water partition coefficient (Wildman–Crippen LogP) is 0.633. The molecule has 0 aromatic carbocycles. The van der Waals surface area contributed by atoms with E-state index in [0.717, 1.165) is 0 Å². The Labute approximate surface area is 92.7 Å². The second kappa shape index (κ2) is 7.45. The van der Waals surface area contributed by atoms with Gasteiger partial charge in [0.05, 0.1) is 13.0 Å². The third-order valence-corrected chi connectivity index (χ3v) is 1.85. The quantitative estimate of drug-likeness (QED) is 0.666. The van der Waals surface area contributed by atoms with E-state index in [-0.39, 0.29) is 18.9 Å². The fourth-order valence-corrected chi connectivity index (χ4v) is 0.942. The lowest BCUT2D eigenvalue weighted by Gasteiger charge is -2.16. The molecule has 0 radical (unpaired) electrons. The Morgan fingerprint density at radius 1 is 1.44 bits per heavy atom. The zero-order valence-electron chi connectivity index (χ0n) is 9.43. The summed E-state index contributed by atoms with van der Waals surface area (Å²) in [4.78, 5) is 12.8. The van der Waals surface area contributed by atoms with Crippen molar-refractivity contribution in [1.29, 1.82) is 0 Å². The maximum absolute atomic E-state index is 11.7. The van der Waals surface area contributed by atoms with Gasteiger partial charge in [-0.15, -0.1) is 0 Å². The molecule has 0 saturated heterocycles.